The molecule has 1 N–H and O–H groups in total. The fraction of sp³-hybridized carbons (Fsp3) is 0.409. The number of carbonyl (C=O) groups is 1. The number of aromatic nitrogens is 4. The summed E-state index contributed by atoms with van der Waals surface area (Å²) in [5, 5.41) is 8.43. The number of rotatable bonds is 10. The van der Waals surface area contributed by atoms with Crippen molar-refractivity contribution in [2.45, 2.75) is 32.7 Å². The molecule has 2 heterocycles. The van der Waals surface area contributed by atoms with Crippen LogP contribution >= 0.6 is 11.8 Å². The van der Waals surface area contributed by atoms with Crippen molar-refractivity contribution < 1.29 is 17.9 Å². The van der Waals surface area contributed by atoms with Crippen molar-refractivity contribution in [1.29, 1.82) is 0 Å². The third kappa shape index (κ3) is 6.06. The Balaban J connectivity index is 2.28. The zero-order valence-electron chi connectivity index (χ0n) is 20.2. The number of nitrogens with zero attached hydrogens (tertiary/aromatic N) is 5. The number of thioether (sulfide) groups is 1. The van der Waals surface area contributed by atoms with Crippen LogP contribution in [0.5, 0.6) is 0 Å². The number of methoxy groups -OCH3 is 1. The number of benzene rings is 1. The van der Waals surface area contributed by atoms with Gasteiger partial charge in [0.05, 0.1) is 29.7 Å². The van der Waals surface area contributed by atoms with Crippen molar-refractivity contribution in [2.75, 3.05) is 25.7 Å². The van der Waals surface area contributed by atoms with E-state index in [0.717, 1.165) is 16.8 Å². The summed E-state index contributed by atoms with van der Waals surface area (Å²) in [6.07, 6.45) is 3.45. The number of nitrogens with one attached hydrogen (secondary N) is 1. The molecule has 0 aliphatic rings. The molecule has 0 saturated carbocycles. The minimum Gasteiger partial charge on any atom is -0.383 e. The molecule has 12 nitrogen and oxygen atoms in total. The van der Waals surface area contributed by atoms with Gasteiger partial charge in [0.1, 0.15) is 5.71 Å². The topological polar surface area (TPSA) is 158 Å². The van der Waals surface area contributed by atoms with Gasteiger partial charge >= 0.3 is 22.1 Å². The highest BCUT2D eigenvalue weighted by Gasteiger charge is 2.19. The molecule has 0 saturated heterocycles. The van der Waals surface area contributed by atoms with Crippen molar-refractivity contribution >= 4 is 44.8 Å². The Kier molecular flexibility index (Phi) is 9.12. The van der Waals surface area contributed by atoms with Crippen LogP contribution in [0.3, 0.4) is 0 Å². The minimum absolute atomic E-state index is 0.0147. The highest BCUT2D eigenvalue weighted by atomic mass is 32.2. The number of H-pyrrole nitrogens is 1. The summed E-state index contributed by atoms with van der Waals surface area (Å²) >= 11 is 1.38. The molecule has 0 radical (unpaired) electrons. The maximum Gasteiger partial charge on any atom is 0.349 e. The number of hydrogen-bond acceptors (Lipinski definition) is 9. The van der Waals surface area contributed by atoms with E-state index >= 15 is 0 Å². The molecule has 192 valence electrons. The van der Waals surface area contributed by atoms with Crippen LogP contribution < -0.4 is 11.2 Å². The SMILES string of the molecule is COCCn1nccc1-c1cc2c(=O)n(N=C(CCSC)C(=O)N=S(=O)=O)c(=O)[nH]c2cc1C(C)C. The molecule has 2 aromatic heterocycles. The van der Waals surface area contributed by atoms with Gasteiger partial charge in [-0.1, -0.05) is 18.2 Å². The van der Waals surface area contributed by atoms with E-state index in [9.17, 15) is 22.8 Å². The average molecular weight is 535 g/mol. The predicted molar refractivity (Wildman–Crippen MR) is 138 cm³/mol. The maximum atomic E-state index is 13.4. The number of carbonyl (C=O) groups excluding carboxylic acids is 1. The Morgan fingerprint density at radius 1 is 1.28 bits per heavy atom. The molecule has 0 spiro atoms. The highest BCUT2D eigenvalue weighted by Crippen LogP contribution is 2.31. The first-order chi connectivity index (χ1) is 17.2. The predicted octanol–water partition coefficient (Wildman–Crippen LogP) is 1.87. The van der Waals surface area contributed by atoms with Crippen molar-refractivity contribution in [2.24, 2.45) is 9.46 Å². The van der Waals surface area contributed by atoms with Crippen LogP contribution in [0.25, 0.3) is 22.2 Å². The Bertz CT molecular complexity index is 1560. The largest absolute Gasteiger partial charge is 0.383 e. The lowest BCUT2D eigenvalue weighted by atomic mass is 9.93. The lowest BCUT2D eigenvalue weighted by molar-refractivity contribution is -0.111. The summed E-state index contributed by atoms with van der Waals surface area (Å²) in [4.78, 5) is 41.1. The van der Waals surface area contributed by atoms with Crippen LogP contribution in [0.2, 0.25) is 0 Å². The fourth-order valence-electron chi connectivity index (χ4n) is 3.62. The van der Waals surface area contributed by atoms with Crippen molar-refractivity contribution in [3.05, 3.63) is 50.8 Å². The van der Waals surface area contributed by atoms with E-state index in [1.807, 2.05) is 19.9 Å². The summed E-state index contributed by atoms with van der Waals surface area (Å²) in [5.41, 5.74) is 0.785. The van der Waals surface area contributed by atoms with Gasteiger partial charge in [0, 0.05) is 25.3 Å². The van der Waals surface area contributed by atoms with E-state index in [-0.39, 0.29) is 23.4 Å². The van der Waals surface area contributed by atoms with Gasteiger partial charge in [0.2, 0.25) is 0 Å². The van der Waals surface area contributed by atoms with Gasteiger partial charge in [-0.05, 0) is 41.7 Å². The molecule has 0 aliphatic heterocycles. The van der Waals surface area contributed by atoms with Gasteiger partial charge in [-0.3, -0.25) is 14.3 Å². The van der Waals surface area contributed by atoms with E-state index in [0.29, 0.717) is 29.1 Å². The van der Waals surface area contributed by atoms with Gasteiger partial charge in [0.25, 0.3) is 5.56 Å². The zero-order chi connectivity index (χ0) is 26.4. The standard InChI is InChI=1S/C22H26N6O6S2/c1-13(2)14-12-18-16(11-15(14)19-5-7-23-27(19)8-9-34-3)21(30)28(22(31)24-18)25-17(6-10-35-4)20(29)26-36(32)33/h5,7,11-13H,6,8-10H2,1-4H3,(H,24,31). The second-order valence-electron chi connectivity index (χ2n) is 8.02. The Hall–Kier alpha value is -3.36. The summed E-state index contributed by atoms with van der Waals surface area (Å²) in [6.45, 7) is 4.94. The fourth-order valence-corrected chi connectivity index (χ4v) is 4.26. The molecule has 0 atom stereocenters. The zero-order valence-corrected chi connectivity index (χ0v) is 21.9. The van der Waals surface area contributed by atoms with Crippen LogP contribution in [-0.4, -0.2) is 65.2 Å². The number of amides is 1. The molecule has 0 aliphatic carbocycles. The third-order valence-electron chi connectivity index (χ3n) is 5.34. The molecular formula is C22H26N6O6S2. The average Bonchev–Trinajstić information content (AvgIpc) is 3.29. The smallest absolute Gasteiger partial charge is 0.349 e. The summed E-state index contributed by atoms with van der Waals surface area (Å²) in [6, 6.07) is 5.24. The van der Waals surface area contributed by atoms with Gasteiger partial charge in [-0.2, -0.15) is 30.4 Å². The van der Waals surface area contributed by atoms with E-state index < -0.39 is 27.7 Å². The van der Waals surface area contributed by atoms with E-state index in [1.54, 1.807) is 36.4 Å². The maximum absolute atomic E-state index is 13.4. The van der Waals surface area contributed by atoms with Crippen LogP contribution in [0.1, 0.15) is 31.7 Å². The van der Waals surface area contributed by atoms with Crippen LogP contribution in [0.4, 0.5) is 0 Å². The lowest BCUT2D eigenvalue weighted by Gasteiger charge is -2.16. The monoisotopic (exact) mass is 534 g/mol. The minimum atomic E-state index is -3.00. The number of aromatic amines is 1. The van der Waals surface area contributed by atoms with E-state index in [2.05, 4.69) is 19.5 Å². The third-order valence-corrected chi connectivity index (χ3v) is 6.26. The number of ether oxygens (including phenoxy) is 1. The molecular weight excluding hydrogens is 508 g/mol. The summed E-state index contributed by atoms with van der Waals surface area (Å²) in [7, 11) is -1.40. The first kappa shape index (κ1) is 27.2. The van der Waals surface area contributed by atoms with E-state index in [1.165, 1.54) is 11.8 Å². The molecule has 36 heavy (non-hydrogen) atoms. The van der Waals surface area contributed by atoms with Gasteiger partial charge < -0.3 is 9.72 Å². The van der Waals surface area contributed by atoms with Crippen molar-refractivity contribution in [3.63, 3.8) is 0 Å². The molecule has 14 heteroatoms. The molecule has 1 aromatic carbocycles. The number of hydrogen-bond donors (Lipinski definition) is 1. The van der Waals surface area contributed by atoms with Crippen LogP contribution in [0, 0.1) is 0 Å². The molecule has 0 bridgehead atoms. The Morgan fingerprint density at radius 2 is 2.03 bits per heavy atom. The van der Waals surface area contributed by atoms with Gasteiger partial charge in [-0.15, -0.1) is 4.68 Å². The second-order valence-corrected chi connectivity index (χ2v) is 9.62. The van der Waals surface area contributed by atoms with Crippen LogP contribution in [0.15, 0.2) is 43.4 Å². The Morgan fingerprint density at radius 3 is 2.67 bits per heavy atom. The Labute approximate surface area is 212 Å². The van der Waals surface area contributed by atoms with E-state index in [4.69, 9.17) is 4.74 Å². The van der Waals surface area contributed by atoms with Crippen molar-refractivity contribution in [3.8, 4) is 11.3 Å². The lowest BCUT2D eigenvalue weighted by Crippen LogP contribution is -2.34. The normalized spacial score (nSPS) is 11.9. The van der Waals surface area contributed by atoms with Gasteiger partial charge in [0.15, 0.2) is 0 Å². The molecule has 0 fully saturated rings. The van der Waals surface area contributed by atoms with Crippen molar-refractivity contribution in [1.82, 2.24) is 19.4 Å². The first-order valence-electron chi connectivity index (χ1n) is 10.9. The molecule has 1 amide bonds. The first-order valence-corrected chi connectivity index (χ1v) is 13.4. The number of fused-ring (bicyclic) bond motifs is 1. The van der Waals surface area contributed by atoms with Gasteiger partial charge in [-0.25, -0.2) is 4.79 Å². The quantitative estimate of drug-likeness (QED) is 0.386. The molecule has 0 unspecified atom stereocenters. The highest BCUT2D eigenvalue weighted by molar-refractivity contribution is 7.98. The molecule has 3 aromatic rings. The summed E-state index contributed by atoms with van der Waals surface area (Å²) in [5.74, 6) is -0.676. The molecule has 3 rings (SSSR count). The second kappa shape index (κ2) is 12.1. The van der Waals surface area contributed by atoms with Crippen LogP contribution in [-0.2, 0) is 26.6 Å². The summed E-state index contributed by atoms with van der Waals surface area (Å²) < 4.78 is 32.2.